The molecule has 5 rings (SSSR count). The molecular formula is C28H32F5N5. The van der Waals surface area contributed by atoms with Crippen LogP contribution in [-0.2, 0) is 6.18 Å². The van der Waals surface area contributed by atoms with Crippen LogP contribution < -0.4 is 10.2 Å². The van der Waals surface area contributed by atoms with Crippen LogP contribution in [0.4, 0.5) is 33.5 Å². The van der Waals surface area contributed by atoms with Crippen molar-refractivity contribution in [1.29, 1.82) is 0 Å². The van der Waals surface area contributed by atoms with Gasteiger partial charge < -0.3 is 10.2 Å². The molecule has 5 nitrogen and oxygen atoms in total. The normalized spacial score (nSPS) is 19.7. The Bertz CT molecular complexity index is 1320. The van der Waals surface area contributed by atoms with E-state index in [9.17, 15) is 22.0 Å². The maximum atomic E-state index is 13.7. The van der Waals surface area contributed by atoms with E-state index in [4.69, 9.17) is 0 Å². The van der Waals surface area contributed by atoms with Gasteiger partial charge in [-0.05, 0) is 62.9 Å². The average Bonchev–Trinajstić information content (AvgIpc) is 3.24. The number of aromatic nitrogens is 2. The van der Waals surface area contributed by atoms with E-state index in [1.54, 1.807) is 6.07 Å². The van der Waals surface area contributed by atoms with Crippen LogP contribution in [0.2, 0.25) is 0 Å². The van der Waals surface area contributed by atoms with Gasteiger partial charge in [0.05, 0.1) is 23.8 Å². The number of hydrogen-bond acceptors (Lipinski definition) is 5. The molecule has 38 heavy (non-hydrogen) atoms. The lowest BCUT2D eigenvalue weighted by Gasteiger charge is -2.38. The van der Waals surface area contributed by atoms with E-state index < -0.39 is 23.7 Å². The lowest BCUT2D eigenvalue weighted by atomic mass is 9.97. The predicted molar refractivity (Wildman–Crippen MR) is 139 cm³/mol. The van der Waals surface area contributed by atoms with Gasteiger partial charge in [-0.1, -0.05) is 18.2 Å². The molecule has 1 N–H and O–H groups in total. The molecule has 0 spiro atoms. The minimum atomic E-state index is -4.42. The van der Waals surface area contributed by atoms with E-state index in [0.29, 0.717) is 17.9 Å². The van der Waals surface area contributed by atoms with E-state index in [2.05, 4.69) is 20.4 Å². The summed E-state index contributed by atoms with van der Waals surface area (Å²) < 4.78 is 67.7. The van der Waals surface area contributed by atoms with E-state index in [0.717, 1.165) is 54.2 Å². The zero-order valence-corrected chi connectivity index (χ0v) is 21.7. The molecule has 0 aliphatic carbocycles. The van der Waals surface area contributed by atoms with Crippen molar-refractivity contribution >= 4 is 22.3 Å². The number of rotatable bonds is 5. The van der Waals surface area contributed by atoms with Crippen LogP contribution in [0.15, 0.2) is 36.4 Å². The van der Waals surface area contributed by atoms with Crippen LogP contribution in [0.25, 0.3) is 10.8 Å². The molecule has 10 heteroatoms. The summed E-state index contributed by atoms with van der Waals surface area (Å²) in [4.78, 5) is 4.18. The summed E-state index contributed by atoms with van der Waals surface area (Å²) in [7, 11) is 0. The summed E-state index contributed by atoms with van der Waals surface area (Å²) in [5.74, 6) is -2.08. The number of fused-ring (bicyclic) bond motifs is 1. The van der Waals surface area contributed by atoms with Gasteiger partial charge in [-0.3, -0.25) is 4.90 Å². The van der Waals surface area contributed by atoms with E-state index in [1.807, 2.05) is 36.9 Å². The number of hydrogen-bond donors (Lipinski definition) is 1. The van der Waals surface area contributed by atoms with Crippen LogP contribution in [0, 0.1) is 13.8 Å². The Hall–Kier alpha value is -3.01. The number of likely N-dealkylation sites (tertiary alicyclic amines) is 1. The van der Waals surface area contributed by atoms with Gasteiger partial charge in [0.2, 0.25) is 0 Å². The summed E-state index contributed by atoms with van der Waals surface area (Å²) in [6.07, 6.45) is -2.85. The Balaban J connectivity index is 1.37. The van der Waals surface area contributed by atoms with Gasteiger partial charge >= 0.3 is 6.18 Å². The van der Waals surface area contributed by atoms with Crippen LogP contribution in [0.5, 0.6) is 0 Å². The van der Waals surface area contributed by atoms with Crippen molar-refractivity contribution in [2.75, 3.05) is 36.4 Å². The number of piperidine rings is 1. The van der Waals surface area contributed by atoms with Crippen molar-refractivity contribution < 1.29 is 22.0 Å². The number of alkyl halides is 5. The molecule has 0 bridgehead atoms. The van der Waals surface area contributed by atoms with Crippen molar-refractivity contribution in [2.45, 2.75) is 64.2 Å². The van der Waals surface area contributed by atoms with Gasteiger partial charge in [0.1, 0.15) is 0 Å². The minimum absolute atomic E-state index is 0.0630. The van der Waals surface area contributed by atoms with Crippen molar-refractivity contribution in [3.05, 3.63) is 58.8 Å². The number of nitrogens with zero attached hydrogens (tertiary/aromatic N) is 4. The Morgan fingerprint density at radius 3 is 2.39 bits per heavy atom. The second-order valence-corrected chi connectivity index (χ2v) is 10.5. The Labute approximate surface area is 219 Å². The second-order valence-electron chi connectivity index (χ2n) is 10.5. The quantitative estimate of drug-likeness (QED) is 0.368. The first-order valence-electron chi connectivity index (χ1n) is 13.0. The van der Waals surface area contributed by atoms with Crippen LogP contribution in [-0.4, -0.2) is 53.2 Å². The van der Waals surface area contributed by atoms with Gasteiger partial charge in [0.15, 0.2) is 5.82 Å². The van der Waals surface area contributed by atoms with Crippen LogP contribution in [0.1, 0.15) is 54.6 Å². The highest BCUT2D eigenvalue weighted by molar-refractivity contribution is 5.95. The fourth-order valence-corrected chi connectivity index (χ4v) is 5.86. The first-order valence-corrected chi connectivity index (χ1v) is 13.0. The molecule has 3 aromatic rings. The fourth-order valence-electron chi connectivity index (χ4n) is 5.86. The number of nitrogens with one attached hydrogen (secondary N) is 1. The summed E-state index contributed by atoms with van der Waals surface area (Å²) in [5.41, 5.74) is 1.84. The third-order valence-electron chi connectivity index (χ3n) is 7.99. The minimum Gasteiger partial charge on any atom is -0.371 e. The third kappa shape index (κ3) is 5.28. The van der Waals surface area contributed by atoms with Gasteiger partial charge in [-0.2, -0.15) is 18.3 Å². The largest absolute Gasteiger partial charge is 0.416 e. The standard InChI is InChI=1S/C28H32F5N5/c1-17-22(5-4-6-25(17)28(31,32)33)18(2)34-26-24-15-21(7-8-23(24)19(3)35-36-26)37-12-9-20(10-13-37)38-14-11-27(29,30)16-38/h4-8,15,18,20H,9-14,16H2,1-3H3,(H,34,36)/t18-/m1/s1. The lowest BCUT2D eigenvalue weighted by molar-refractivity contribution is -0.138. The van der Waals surface area contributed by atoms with E-state index >= 15 is 0 Å². The summed E-state index contributed by atoms with van der Waals surface area (Å²) in [5, 5.41) is 13.7. The Morgan fingerprint density at radius 2 is 1.74 bits per heavy atom. The van der Waals surface area contributed by atoms with E-state index in [-0.39, 0.29) is 24.6 Å². The van der Waals surface area contributed by atoms with Crippen LogP contribution in [0.3, 0.4) is 0 Å². The molecule has 0 amide bonds. The molecule has 3 heterocycles. The number of aryl methyl sites for hydroxylation is 1. The van der Waals surface area contributed by atoms with Gasteiger partial charge in [-0.15, -0.1) is 5.10 Å². The molecule has 2 aromatic carbocycles. The van der Waals surface area contributed by atoms with Gasteiger partial charge in [0.25, 0.3) is 5.92 Å². The van der Waals surface area contributed by atoms with Crippen molar-refractivity contribution in [3.63, 3.8) is 0 Å². The summed E-state index contributed by atoms with van der Waals surface area (Å²) >= 11 is 0. The highest BCUT2D eigenvalue weighted by Crippen LogP contribution is 2.37. The monoisotopic (exact) mass is 533 g/mol. The molecular weight excluding hydrogens is 501 g/mol. The van der Waals surface area contributed by atoms with Crippen molar-refractivity contribution in [3.8, 4) is 0 Å². The van der Waals surface area contributed by atoms with Crippen molar-refractivity contribution in [2.24, 2.45) is 0 Å². The molecule has 0 radical (unpaired) electrons. The molecule has 0 saturated carbocycles. The molecule has 204 valence electrons. The maximum absolute atomic E-state index is 13.7. The Morgan fingerprint density at radius 1 is 1.00 bits per heavy atom. The topological polar surface area (TPSA) is 44.3 Å². The zero-order valence-electron chi connectivity index (χ0n) is 21.7. The molecule has 1 atom stereocenters. The highest BCUT2D eigenvalue weighted by atomic mass is 19.4. The predicted octanol–water partition coefficient (Wildman–Crippen LogP) is 6.75. The number of benzene rings is 2. The summed E-state index contributed by atoms with van der Waals surface area (Å²) in [6, 6.07) is 10.0. The SMILES string of the molecule is Cc1c([C@@H](C)Nc2nnc(C)c3ccc(N4CCC(N5CCC(F)(F)C5)CC4)cc23)cccc1C(F)(F)F. The zero-order chi connectivity index (χ0) is 27.2. The molecule has 2 saturated heterocycles. The van der Waals surface area contributed by atoms with Crippen LogP contribution >= 0.6 is 0 Å². The number of anilines is 2. The summed E-state index contributed by atoms with van der Waals surface area (Å²) in [6.45, 7) is 6.99. The average molecular weight is 534 g/mol. The van der Waals surface area contributed by atoms with Gasteiger partial charge in [-0.25, -0.2) is 8.78 Å². The second kappa shape index (κ2) is 9.94. The smallest absolute Gasteiger partial charge is 0.371 e. The van der Waals surface area contributed by atoms with E-state index in [1.165, 1.54) is 13.0 Å². The third-order valence-corrected chi connectivity index (χ3v) is 7.99. The molecule has 2 fully saturated rings. The van der Waals surface area contributed by atoms with Gasteiger partial charge in [0, 0.05) is 48.6 Å². The molecule has 1 aromatic heterocycles. The lowest BCUT2D eigenvalue weighted by Crippen LogP contribution is -2.44. The maximum Gasteiger partial charge on any atom is 0.416 e. The molecule has 2 aliphatic heterocycles. The fraction of sp³-hybridized carbons (Fsp3) is 0.500. The molecule has 2 aliphatic rings. The Kier molecular flexibility index (Phi) is 6.96. The first kappa shape index (κ1) is 26.6. The van der Waals surface area contributed by atoms with Crippen molar-refractivity contribution in [1.82, 2.24) is 15.1 Å². The first-order chi connectivity index (χ1) is 17.9. The molecule has 0 unspecified atom stereocenters. The number of halogens is 5. The highest BCUT2D eigenvalue weighted by Gasteiger charge is 2.41.